The Morgan fingerprint density at radius 2 is 0.727 bits per heavy atom. The van der Waals surface area contributed by atoms with Gasteiger partial charge in [0.15, 0.2) is 0 Å². The third-order valence-corrected chi connectivity index (χ3v) is 25.1. The van der Waals surface area contributed by atoms with Crippen LogP contribution >= 0.6 is 0 Å². The third-order valence-electron chi connectivity index (χ3n) is 25.1. The molecule has 676 valence electrons. The second-order valence-corrected chi connectivity index (χ2v) is 36.5. The summed E-state index contributed by atoms with van der Waals surface area (Å²) in [6.45, 7) is 27.3. The summed E-state index contributed by atoms with van der Waals surface area (Å²) < 4.78 is 66.7. The number of aromatic nitrogens is 9. The molecule has 0 spiro atoms. The van der Waals surface area contributed by atoms with Gasteiger partial charge in [0.2, 0.25) is 6.29 Å². The molecule has 6 aromatic heterocycles. The van der Waals surface area contributed by atoms with E-state index in [1.807, 2.05) is 167 Å². The number of carbonyl (C=O) groups is 2. The fourth-order valence-electron chi connectivity index (χ4n) is 18.5. The van der Waals surface area contributed by atoms with Crippen molar-refractivity contribution in [2.24, 2.45) is 0 Å². The smallest absolute Gasteiger partial charge is 0.446 e. The number of aldehydes is 1. The Balaban J connectivity index is 0.000000139. The minimum Gasteiger partial charge on any atom is -0.457 e. The minimum absolute atomic E-state index is 0.208. The predicted octanol–water partition coefficient (Wildman–Crippen LogP) is 18.3. The lowest BCUT2D eigenvalue weighted by atomic mass is 9.89. The average molecular weight is 1750 g/mol. The molecule has 0 radical (unpaired) electrons. The van der Waals surface area contributed by atoms with Crippen LogP contribution in [-0.4, -0.2) is 218 Å². The Morgan fingerprint density at radius 3 is 1.01 bits per heavy atom. The molecule has 4 aliphatic heterocycles. The number of rotatable bonds is 17. The van der Waals surface area contributed by atoms with E-state index in [4.69, 9.17) is 50.7 Å². The van der Waals surface area contributed by atoms with Crippen molar-refractivity contribution in [3.8, 4) is 67.9 Å². The second kappa shape index (κ2) is 40.8. The molecule has 6 aromatic carbocycles. The van der Waals surface area contributed by atoms with Gasteiger partial charge in [0, 0.05) is 157 Å². The van der Waals surface area contributed by atoms with Crippen LogP contribution in [0.2, 0.25) is 0 Å². The summed E-state index contributed by atoms with van der Waals surface area (Å²) in [6.07, 6.45) is 19.2. The number of hydrogen-bond donors (Lipinski definition) is 5. The number of amides is 1. The maximum absolute atomic E-state index is 12.5. The summed E-state index contributed by atoms with van der Waals surface area (Å²) in [5, 5.41) is 16.4. The SMILES string of the molecule is CC(C)(C)OC(=O)N1CCN(C2CCC(n3cc(-c4ccc(Oc5ccccc5)cc4)c4c(N)ncnc43)CC2)CC1.CC(C)(O)CN1CCN(C2CCC(n3cc(-c4ccc(Oc5ccccc5)cc4)c4c(N)ncnc43)CC2)CC1.CC1(C)CO1.Nc1ncnc2c1c(-c1ccc(Oc3ccccc3)cc1)cn2C1CCC(N2CCNCC2)CC1.O=CC(F)(F)F. The molecule has 26 nitrogen and oxygen atoms in total. The van der Waals surface area contributed by atoms with Crippen LogP contribution in [0.25, 0.3) is 66.5 Å². The molecule has 10 heterocycles. The Kier molecular flexibility index (Phi) is 29.1. The summed E-state index contributed by atoms with van der Waals surface area (Å²) in [5.74, 6) is 6.37. The lowest BCUT2D eigenvalue weighted by Gasteiger charge is -2.43. The first kappa shape index (κ1) is 91.2. The molecular formula is C99H121F3N18O8. The van der Waals surface area contributed by atoms with Gasteiger partial charge in [0.05, 0.1) is 34.0 Å². The van der Waals surface area contributed by atoms with Gasteiger partial charge in [-0.15, -0.1) is 0 Å². The van der Waals surface area contributed by atoms with Crippen LogP contribution in [0.15, 0.2) is 201 Å². The molecule has 19 rings (SSSR count). The van der Waals surface area contributed by atoms with Crippen LogP contribution in [0, 0.1) is 0 Å². The zero-order chi connectivity index (χ0) is 89.7. The number of anilines is 3. The molecule has 3 saturated carbocycles. The van der Waals surface area contributed by atoms with Gasteiger partial charge in [-0.25, -0.2) is 34.7 Å². The molecule has 1 amide bonds. The Bertz CT molecular complexity index is 5580. The highest BCUT2D eigenvalue weighted by Gasteiger charge is 2.37. The van der Waals surface area contributed by atoms with Crippen molar-refractivity contribution in [3.05, 3.63) is 201 Å². The van der Waals surface area contributed by atoms with Crippen LogP contribution in [-0.2, 0) is 14.3 Å². The van der Waals surface area contributed by atoms with Crippen molar-refractivity contribution in [2.45, 2.75) is 185 Å². The minimum atomic E-state index is -4.64. The molecule has 0 atom stereocenters. The first-order valence-corrected chi connectivity index (χ1v) is 45.0. The number of β-amino-alcohol motifs (C(OH)–C–C–N with tert-alkyl or cyclic N) is 1. The molecule has 4 saturated heterocycles. The molecule has 128 heavy (non-hydrogen) atoms. The summed E-state index contributed by atoms with van der Waals surface area (Å²) in [7, 11) is 0. The molecule has 12 aromatic rings. The molecular weight excluding hydrogens is 1630 g/mol. The number of aliphatic hydroxyl groups is 1. The summed E-state index contributed by atoms with van der Waals surface area (Å²) in [5.41, 5.74) is 27.5. The lowest BCUT2D eigenvalue weighted by Crippen LogP contribution is -2.53. The first-order chi connectivity index (χ1) is 61.6. The molecule has 7 fully saturated rings. The van der Waals surface area contributed by atoms with Gasteiger partial charge in [0.25, 0.3) is 0 Å². The Morgan fingerprint density at radius 1 is 0.445 bits per heavy atom. The van der Waals surface area contributed by atoms with E-state index in [1.165, 1.54) is 38.8 Å². The average Bonchev–Trinajstić information content (AvgIpc) is 1.62. The molecule has 3 aliphatic carbocycles. The Hall–Kier alpha value is -11.6. The number of nitrogens with two attached hydrogens (primary N) is 3. The number of nitrogens with one attached hydrogen (secondary N) is 1. The van der Waals surface area contributed by atoms with Crippen LogP contribution in [0.5, 0.6) is 34.5 Å². The number of para-hydroxylation sites is 3. The number of epoxide rings is 1. The normalized spacial score (nSPS) is 20.7. The van der Waals surface area contributed by atoms with Gasteiger partial charge in [-0.1, -0.05) is 91.0 Å². The van der Waals surface area contributed by atoms with E-state index in [0.29, 0.717) is 66.8 Å². The topological polar surface area (TPSA) is 302 Å². The van der Waals surface area contributed by atoms with Crippen LogP contribution in [0.1, 0.15) is 144 Å². The standard InChI is InChI=1S/C33H40N6O3.C32H40N6O2.C28H32N6O.C4H8O.C2HF3O/c1-33(2,3)42-32(40)38-19-17-37(18-20-38)24-11-13-25(14-12-24)39-21-28(29-30(34)35-22-36-31(29)39)23-9-15-27(16-10-23)41-26-7-5-4-6-8-26;1-32(2,39)21-36-16-18-37(19-17-36)24-10-12-25(13-11-24)38-20-28(29-30(33)34-22-35-31(29)38)23-8-14-27(15-9-23)40-26-6-4-3-5-7-26;29-27-26-25(20-6-12-24(13-7-20)35-23-4-2-1-3-5-23)18-34(28(26)32-19-31-27)22-10-8-21(9-11-22)33-16-14-30-15-17-33;1-4(2)3-5-4;3-2(4,5)1-6/h4-10,15-16,21-22,24-25H,11-14,17-20H2,1-3H3,(H2,34,35,36);3-9,14-15,20,22,24-25,39H,10-13,16-19,21H2,1-2H3,(H2,33,34,35);1-7,12-13,18-19,21-22,30H,8-11,14-17H2,(H2,29,31,32);3H2,1-2H3;1H. The lowest BCUT2D eigenvalue weighted by molar-refractivity contribution is -0.156. The van der Waals surface area contributed by atoms with E-state index in [9.17, 15) is 23.1 Å². The molecule has 0 unspecified atom stereocenters. The third kappa shape index (κ3) is 23.9. The van der Waals surface area contributed by atoms with Crippen LogP contribution in [0.4, 0.5) is 35.4 Å². The van der Waals surface area contributed by atoms with Crippen molar-refractivity contribution in [2.75, 3.05) is 109 Å². The maximum Gasteiger partial charge on any atom is 0.446 e. The number of benzene rings is 6. The number of hydrogen-bond acceptors (Lipinski definition) is 22. The van der Waals surface area contributed by atoms with Gasteiger partial charge in [-0.3, -0.25) is 24.4 Å². The van der Waals surface area contributed by atoms with Crippen LogP contribution < -0.4 is 36.7 Å². The van der Waals surface area contributed by atoms with Crippen molar-refractivity contribution >= 4 is 62.9 Å². The summed E-state index contributed by atoms with van der Waals surface area (Å²) in [4.78, 5) is 60.3. The number of fused-ring (bicyclic) bond motifs is 3. The van der Waals surface area contributed by atoms with Gasteiger partial charge < -0.3 is 69.9 Å². The number of alkyl halides is 3. The number of nitrogens with zero attached hydrogens (tertiary/aromatic N) is 14. The summed E-state index contributed by atoms with van der Waals surface area (Å²) in [6, 6.07) is 56.9. The van der Waals surface area contributed by atoms with Crippen molar-refractivity contribution in [1.82, 2.24) is 73.4 Å². The molecule has 0 bridgehead atoms. The zero-order valence-electron chi connectivity index (χ0n) is 74.4. The maximum atomic E-state index is 12.5. The number of ether oxygens (including phenoxy) is 5. The van der Waals surface area contributed by atoms with Crippen molar-refractivity contribution in [3.63, 3.8) is 0 Å². The van der Waals surface area contributed by atoms with Crippen molar-refractivity contribution in [1.29, 1.82) is 0 Å². The van der Waals surface area contributed by atoms with E-state index in [0.717, 1.165) is 218 Å². The largest absolute Gasteiger partial charge is 0.457 e. The predicted molar refractivity (Wildman–Crippen MR) is 496 cm³/mol. The summed E-state index contributed by atoms with van der Waals surface area (Å²) >= 11 is 0. The molecule has 7 aliphatic rings. The monoisotopic (exact) mass is 1750 g/mol. The van der Waals surface area contributed by atoms with Gasteiger partial charge >= 0.3 is 12.3 Å². The van der Waals surface area contributed by atoms with Crippen LogP contribution in [0.3, 0.4) is 0 Å². The molecule has 8 N–H and O–H groups in total. The van der Waals surface area contributed by atoms with Crippen molar-refractivity contribution < 1.29 is 51.6 Å². The molecule has 29 heteroatoms. The van der Waals surface area contributed by atoms with E-state index in [1.54, 1.807) is 19.0 Å². The fraction of sp³-hybridized carbons (Fsp3) is 0.434. The van der Waals surface area contributed by atoms with Gasteiger partial charge in [-0.05, 0) is 215 Å². The number of halogens is 3. The van der Waals surface area contributed by atoms with E-state index in [-0.39, 0.29) is 11.7 Å². The van der Waals surface area contributed by atoms with Gasteiger partial charge in [0.1, 0.15) is 93.5 Å². The first-order valence-electron chi connectivity index (χ1n) is 45.0. The number of nitrogen functional groups attached to an aromatic ring is 3. The van der Waals surface area contributed by atoms with E-state index >= 15 is 0 Å². The van der Waals surface area contributed by atoms with E-state index in [2.05, 4.69) is 132 Å². The Labute approximate surface area is 746 Å². The van der Waals surface area contributed by atoms with E-state index < -0.39 is 23.7 Å². The quantitative estimate of drug-likeness (QED) is 0.0418. The second-order valence-electron chi connectivity index (χ2n) is 36.5. The highest BCUT2D eigenvalue weighted by atomic mass is 19.4. The number of piperazine rings is 3. The highest BCUT2D eigenvalue weighted by molar-refractivity contribution is 6.03. The number of carbonyl (C=O) groups excluding carboxylic acids is 2. The fourth-order valence-corrected chi connectivity index (χ4v) is 18.5. The highest BCUT2D eigenvalue weighted by Crippen LogP contribution is 2.45. The van der Waals surface area contributed by atoms with Gasteiger partial charge in [-0.2, -0.15) is 13.2 Å². The zero-order valence-corrected chi connectivity index (χ0v) is 74.4.